The van der Waals surface area contributed by atoms with Crippen molar-refractivity contribution in [3.8, 4) is 0 Å². The molecule has 1 N–H and O–H groups in total. The first-order valence-electron chi connectivity index (χ1n) is 8.02. The van der Waals surface area contributed by atoms with E-state index in [1.807, 2.05) is 0 Å². The summed E-state index contributed by atoms with van der Waals surface area (Å²) in [6.45, 7) is 9.96. The van der Waals surface area contributed by atoms with Crippen molar-refractivity contribution in [3.63, 3.8) is 0 Å². The van der Waals surface area contributed by atoms with E-state index < -0.39 is 0 Å². The SMILES string of the molecule is CCCNC(c1c(Cl)cnn1C(C)C)C1CCCC1C. The molecule has 2 rings (SSSR count). The summed E-state index contributed by atoms with van der Waals surface area (Å²) in [4.78, 5) is 0. The van der Waals surface area contributed by atoms with E-state index in [1.165, 1.54) is 25.0 Å². The Hall–Kier alpha value is -0.540. The van der Waals surface area contributed by atoms with Crippen molar-refractivity contribution in [1.29, 1.82) is 0 Å². The van der Waals surface area contributed by atoms with Gasteiger partial charge in [0.15, 0.2) is 0 Å². The highest BCUT2D eigenvalue weighted by Crippen LogP contribution is 2.42. The second kappa shape index (κ2) is 6.95. The molecule has 0 aliphatic heterocycles. The predicted octanol–water partition coefficient (Wildman–Crippen LogP) is 4.59. The third kappa shape index (κ3) is 3.20. The van der Waals surface area contributed by atoms with Crippen molar-refractivity contribution >= 4 is 11.6 Å². The number of rotatable bonds is 6. The first kappa shape index (κ1) is 15.8. The standard InChI is InChI=1S/C16H28ClN3/c1-5-9-18-15(13-8-6-7-12(13)4)16-14(17)10-19-20(16)11(2)3/h10-13,15,18H,5-9H2,1-4H3. The molecule has 0 saturated heterocycles. The fourth-order valence-electron chi connectivity index (χ4n) is 3.47. The Labute approximate surface area is 128 Å². The Morgan fingerprint density at radius 3 is 2.75 bits per heavy atom. The van der Waals surface area contributed by atoms with Crippen LogP contribution < -0.4 is 5.32 Å². The third-order valence-corrected chi connectivity index (χ3v) is 4.83. The molecule has 1 fully saturated rings. The lowest BCUT2D eigenvalue weighted by Crippen LogP contribution is -2.33. The molecule has 0 bridgehead atoms. The highest BCUT2D eigenvalue weighted by molar-refractivity contribution is 6.31. The van der Waals surface area contributed by atoms with Gasteiger partial charge in [-0.3, -0.25) is 4.68 Å². The lowest BCUT2D eigenvalue weighted by molar-refractivity contribution is 0.283. The summed E-state index contributed by atoms with van der Waals surface area (Å²) in [7, 11) is 0. The van der Waals surface area contributed by atoms with Crippen LogP contribution in [0.25, 0.3) is 0 Å². The topological polar surface area (TPSA) is 29.9 Å². The van der Waals surface area contributed by atoms with E-state index in [9.17, 15) is 0 Å². The minimum absolute atomic E-state index is 0.338. The van der Waals surface area contributed by atoms with Gasteiger partial charge in [-0.2, -0.15) is 5.10 Å². The molecule has 1 saturated carbocycles. The van der Waals surface area contributed by atoms with Crippen molar-refractivity contribution in [1.82, 2.24) is 15.1 Å². The number of nitrogens with zero attached hydrogens (tertiary/aromatic N) is 2. The molecule has 114 valence electrons. The van der Waals surface area contributed by atoms with Crippen molar-refractivity contribution in [2.24, 2.45) is 11.8 Å². The molecule has 1 aliphatic carbocycles. The minimum atomic E-state index is 0.338. The Balaban J connectivity index is 2.32. The highest BCUT2D eigenvalue weighted by Gasteiger charge is 2.34. The molecule has 3 unspecified atom stereocenters. The third-order valence-electron chi connectivity index (χ3n) is 4.54. The molecule has 0 aromatic carbocycles. The summed E-state index contributed by atoms with van der Waals surface area (Å²) in [5.41, 5.74) is 1.19. The van der Waals surface area contributed by atoms with Gasteiger partial charge in [-0.05, 0) is 45.1 Å². The first-order chi connectivity index (χ1) is 9.56. The molecular formula is C16H28ClN3. The van der Waals surface area contributed by atoms with Crippen molar-refractivity contribution in [2.45, 2.75) is 65.5 Å². The summed E-state index contributed by atoms with van der Waals surface area (Å²) in [6.07, 6.45) is 6.91. The second-order valence-electron chi connectivity index (χ2n) is 6.42. The lowest BCUT2D eigenvalue weighted by Gasteiger charge is -2.30. The van der Waals surface area contributed by atoms with Crippen molar-refractivity contribution < 1.29 is 0 Å². The van der Waals surface area contributed by atoms with Crippen LogP contribution in [-0.4, -0.2) is 16.3 Å². The Kier molecular flexibility index (Phi) is 5.50. The van der Waals surface area contributed by atoms with Crippen LogP contribution in [0.4, 0.5) is 0 Å². The number of hydrogen-bond donors (Lipinski definition) is 1. The van der Waals surface area contributed by atoms with Crippen LogP contribution in [0.15, 0.2) is 6.20 Å². The van der Waals surface area contributed by atoms with Crippen LogP contribution >= 0.6 is 11.6 Å². The maximum atomic E-state index is 6.47. The molecule has 3 atom stereocenters. The van der Waals surface area contributed by atoms with Gasteiger partial charge < -0.3 is 5.32 Å². The average Bonchev–Trinajstić information content (AvgIpc) is 2.98. The minimum Gasteiger partial charge on any atom is -0.308 e. The van der Waals surface area contributed by atoms with Gasteiger partial charge in [0.2, 0.25) is 0 Å². The Morgan fingerprint density at radius 2 is 2.20 bits per heavy atom. The number of nitrogens with one attached hydrogen (secondary N) is 1. The molecule has 1 aromatic rings. The molecule has 1 aromatic heterocycles. The van der Waals surface area contributed by atoms with Gasteiger partial charge in [0.25, 0.3) is 0 Å². The molecule has 1 heterocycles. The van der Waals surface area contributed by atoms with Gasteiger partial charge in [-0.1, -0.05) is 38.3 Å². The molecule has 0 radical (unpaired) electrons. The quantitative estimate of drug-likeness (QED) is 0.832. The fraction of sp³-hybridized carbons (Fsp3) is 0.812. The molecular weight excluding hydrogens is 270 g/mol. The molecule has 3 nitrogen and oxygen atoms in total. The maximum Gasteiger partial charge on any atom is 0.0834 e. The van der Waals surface area contributed by atoms with Crippen LogP contribution in [0.2, 0.25) is 5.02 Å². The van der Waals surface area contributed by atoms with Crippen molar-refractivity contribution in [2.75, 3.05) is 6.54 Å². The number of hydrogen-bond acceptors (Lipinski definition) is 2. The van der Waals surface area contributed by atoms with Crippen LogP contribution in [0, 0.1) is 11.8 Å². The van der Waals surface area contributed by atoms with Gasteiger partial charge in [0.1, 0.15) is 0 Å². The second-order valence-corrected chi connectivity index (χ2v) is 6.83. The Morgan fingerprint density at radius 1 is 1.45 bits per heavy atom. The maximum absolute atomic E-state index is 6.47. The number of aromatic nitrogens is 2. The van der Waals surface area contributed by atoms with E-state index in [0.717, 1.165) is 23.9 Å². The molecule has 1 aliphatic rings. The monoisotopic (exact) mass is 297 g/mol. The summed E-state index contributed by atoms with van der Waals surface area (Å²) < 4.78 is 2.10. The Bertz CT molecular complexity index is 427. The molecule has 20 heavy (non-hydrogen) atoms. The van der Waals surface area contributed by atoms with Gasteiger partial charge in [0.05, 0.1) is 23.0 Å². The zero-order valence-corrected chi connectivity index (χ0v) is 14.0. The van der Waals surface area contributed by atoms with Crippen LogP contribution in [-0.2, 0) is 0 Å². The van der Waals surface area contributed by atoms with E-state index in [2.05, 4.69) is 42.8 Å². The number of halogens is 1. The van der Waals surface area contributed by atoms with Gasteiger partial charge in [-0.15, -0.1) is 0 Å². The van der Waals surface area contributed by atoms with E-state index >= 15 is 0 Å². The van der Waals surface area contributed by atoms with Gasteiger partial charge in [-0.25, -0.2) is 0 Å². The fourth-order valence-corrected chi connectivity index (χ4v) is 3.72. The normalized spacial score (nSPS) is 24.5. The van der Waals surface area contributed by atoms with Gasteiger partial charge >= 0.3 is 0 Å². The summed E-state index contributed by atoms with van der Waals surface area (Å²) in [5.74, 6) is 1.43. The largest absolute Gasteiger partial charge is 0.308 e. The smallest absolute Gasteiger partial charge is 0.0834 e. The lowest BCUT2D eigenvalue weighted by atomic mass is 9.88. The van der Waals surface area contributed by atoms with E-state index in [4.69, 9.17) is 11.6 Å². The van der Waals surface area contributed by atoms with Crippen LogP contribution in [0.3, 0.4) is 0 Å². The molecule has 4 heteroatoms. The first-order valence-corrected chi connectivity index (χ1v) is 8.40. The zero-order chi connectivity index (χ0) is 14.7. The van der Waals surface area contributed by atoms with Crippen LogP contribution in [0.5, 0.6) is 0 Å². The molecule has 0 spiro atoms. The summed E-state index contributed by atoms with van der Waals surface area (Å²) in [6, 6.07) is 0.685. The summed E-state index contributed by atoms with van der Waals surface area (Å²) in [5, 5.41) is 9.03. The van der Waals surface area contributed by atoms with E-state index in [1.54, 1.807) is 6.20 Å². The van der Waals surface area contributed by atoms with Gasteiger partial charge in [0, 0.05) is 6.04 Å². The average molecular weight is 298 g/mol. The summed E-state index contributed by atoms with van der Waals surface area (Å²) >= 11 is 6.47. The predicted molar refractivity (Wildman–Crippen MR) is 85.2 cm³/mol. The van der Waals surface area contributed by atoms with E-state index in [-0.39, 0.29) is 0 Å². The van der Waals surface area contributed by atoms with E-state index in [0.29, 0.717) is 18.0 Å². The van der Waals surface area contributed by atoms with Crippen molar-refractivity contribution in [3.05, 3.63) is 16.9 Å². The highest BCUT2D eigenvalue weighted by atomic mass is 35.5. The van der Waals surface area contributed by atoms with Crippen LogP contribution in [0.1, 0.15) is 71.2 Å². The molecule has 0 amide bonds. The zero-order valence-electron chi connectivity index (χ0n) is 13.2.